The van der Waals surface area contributed by atoms with E-state index in [4.69, 9.17) is 0 Å². The van der Waals surface area contributed by atoms with Crippen LogP contribution in [0.4, 0.5) is 5.82 Å². The molecule has 1 saturated carbocycles. The quantitative estimate of drug-likeness (QED) is 0.761. The van der Waals surface area contributed by atoms with Gasteiger partial charge >= 0.3 is 0 Å². The molecule has 20 heavy (non-hydrogen) atoms. The maximum Gasteiger partial charge on any atom is 0.137 e. The number of unbranched alkanes of at least 4 members (excludes halogenated alkanes) is 1. The Morgan fingerprint density at radius 3 is 2.95 bits per heavy atom. The molecule has 1 fully saturated rings. The van der Waals surface area contributed by atoms with Gasteiger partial charge in [0.15, 0.2) is 0 Å². The number of imidazole rings is 1. The Morgan fingerprint density at radius 1 is 1.40 bits per heavy atom. The average molecular weight is 277 g/mol. The van der Waals surface area contributed by atoms with E-state index >= 15 is 0 Å². The summed E-state index contributed by atoms with van der Waals surface area (Å²) in [6.07, 6.45) is 11.8. The van der Waals surface area contributed by atoms with E-state index < -0.39 is 0 Å². The van der Waals surface area contributed by atoms with Crippen LogP contribution in [0.2, 0.25) is 0 Å². The SMILES string of the molecule is CCCCc1ncc(NCCC(=O)C2CCCCC2)[nH]1. The molecule has 0 unspecified atom stereocenters. The molecular formula is C16H27N3O. The molecule has 1 aliphatic rings. The van der Waals surface area contributed by atoms with Crippen LogP contribution in [-0.2, 0) is 11.2 Å². The normalized spacial score (nSPS) is 16.2. The van der Waals surface area contributed by atoms with Crippen LogP contribution >= 0.6 is 0 Å². The maximum atomic E-state index is 12.1. The molecule has 4 heteroatoms. The molecule has 0 saturated heterocycles. The highest BCUT2D eigenvalue weighted by molar-refractivity contribution is 5.81. The topological polar surface area (TPSA) is 57.8 Å². The zero-order valence-electron chi connectivity index (χ0n) is 12.6. The number of H-pyrrole nitrogens is 1. The van der Waals surface area contributed by atoms with Gasteiger partial charge in [-0.05, 0) is 19.3 Å². The van der Waals surface area contributed by atoms with E-state index in [1.165, 1.54) is 25.7 Å². The lowest BCUT2D eigenvalue weighted by Gasteiger charge is -2.20. The monoisotopic (exact) mass is 277 g/mol. The minimum atomic E-state index is 0.326. The molecule has 0 atom stereocenters. The molecule has 0 radical (unpaired) electrons. The fourth-order valence-electron chi connectivity index (χ4n) is 2.87. The number of hydrogen-bond donors (Lipinski definition) is 2. The van der Waals surface area contributed by atoms with Crippen molar-refractivity contribution in [3.05, 3.63) is 12.0 Å². The molecule has 0 aromatic carbocycles. The van der Waals surface area contributed by atoms with Gasteiger partial charge in [0.2, 0.25) is 0 Å². The number of aryl methyl sites for hydroxylation is 1. The van der Waals surface area contributed by atoms with Gasteiger partial charge in [0.05, 0.1) is 6.20 Å². The summed E-state index contributed by atoms with van der Waals surface area (Å²) in [5.74, 6) is 2.73. The van der Waals surface area contributed by atoms with Crippen molar-refractivity contribution in [1.29, 1.82) is 0 Å². The van der Waals surface area contributed by atoms with Gasteiger partial charge in [-0.1, -0.05) is 32.6 Å². The first-order valence-electron chi connectivity index (χ1n) is 8.10. The Labute approximate surface area is 121 Å². The van der Waals surface area contributed by atoms with Crippen LogP contribution in [0.3, 0.4) is 0 Å². The standard InChI is InChI=1S/C16H27N3O/c1-2-3-9-15-18-12-16(19-15)17-11-10-14(20)13-7-5-4-6-8-13/h12-13,17H,2-11H2,1H3,(H,18,19). The predicted molar refractivity (Wildman–Crippen MR) is 81.9 cm³/mol. The predicted octanol–water partition coefficient (Wildman–Crippen LogP) is 3.70. The third-order valence-electron chi connectivity index (χ3n) is 4.14. The van der Waals surface area contributed by atoms with Gasteiger partial charge in [-0.25, -0.2) is 4.98 Å². The Balaban J connectivity index is 1.67. The number of rotatable bonds is 8. The Kier molecular flexibility index (Phi) is 6.09. The van der Waals surface area contributed by atoms with Gasteiger partial charge < -0.3 is 10.3 Å². The van der Waals surface area contributed by atoms with Crippen molar-refractivity contribution in [1.82, 2.24) is 9.97 Å². The number of nitrogens with one attached hydrogen (secondary N) is 2. The van der Waals surface area contributed by atoms with Crippen molar-refractivity contribution in [2.75, 3.05) is 11.9 Å². The van der Waals surface area contributed by atoms with Crippen molar-refractivity contribution in [2.45, 2.75) is 64.7 Å². The van der Waals surface area contributed by atoms with Crippen LogP contribution < -0.4 is 5.32 Å². The van der Waals surface area contributed by atoms with E-state index in [1.807, 2.05) is 6.20 Å². The molecule has 1 aromatic rings. The summed E-state index contributed by atoms with van der Waals surface area (Å²) in [7, 11) is 0. The van der Waals surface area contributed by atoms with Crippen LogP contribution in [0.25, 0.3) is 0 Å². The van der Waals surface area contributed by atoms with E-state index in [0.29, 0.717) is 24.7 Å². The zero-order chi connectivity index (χ0) is 14.2. The highest BCUT2D eigenvalue weighted by Crippen LogP contribution is 2.25. The molecule has 4 nitrogen and oxygen atoms in total. The lowest BCUT2D eigenvalue weighted by Crippen LogP contribution is -2.20. The maximum absolute atomic E-state index is 12.1. The van der Waals surface area contributed by atoms with Gasteiger partial charge in [0.1, 0.15) is 17.4 Å². The second-order valence-corrected chi connectivity index (χ2v) is 5.83. The lowest BCUT2D eigenvalue weighted by atomic mass is 9.85. The molecule has 0 aliphatic heterocycles. The number of carbonyl (C=O) groups is 1. The first kappa shape index (κ1) is 15.1. The highest BCUT2D eigenvalue weighted by Gasteiger charge is 2.20. The number of hydrogen-bond acceptors (Lipinski definition) is 3. The van der Waals surface area contributed by atoms with E-state index in [0.717, 1.165) is 37.3 Å². The third-order valence-corrected chi connectivity index (χ3v) is 4.14. The summed E-state index contributed by atoms with van der Waals surface area (Å²) in [4.78, 5) is 19.7. The first-order chi connectivity index (χ1) is 9.79. The highest BCUT2D eigenvalue weighted by atomic mass is 16.1. The number of ketones is 1. The summed E-state index contributed by atoms with van der Waals surface area (Å²) in [5, 5.41) is 3.27. The van der Waals surface area contributed by atoms with Crippen LogP contribution in [-0.4, -0.2) is 22.3 Å². The largest absolute Gasteiger partial charge is 0.370 e. The summed E-state index contributed by atoms with van der Waals surface area (Å²) < 4.78 is 0. The molecule has 1 aromatic heterocycles. The number of carbonyl (C=O) groups excluding carboxylic acids is 1. The van der Waals surface area contributed by atoms with Crippen molar-refractivity contribution in [3.63, 3.8) is 0 Å². The number of anilines is 1. The van der Waals surface area contributed by atoms with Crippen molar-refractivity contribution in [2.24, 2.45) is 5.92 Å². The van der Waals surface area contributed by atoms with Gasteiger partial charge in [0, 0.05) is 25.3 Å². The molecule has 0 bridgehead atoms. The fourth-order valence-corrected chi connectivity index (χ4v) is 2.87. The smallest absolute Gasteiger partial charge is 0.137 e. The number of nitrogens with zero attached hydrogens (tertiary/aromatic N) is 1. The molecule has 1 heterocycles. The molecular weight excluding hydrogens is 250 g/mol. The minimum absolute atomic E-state index is 0.326. The van der Waals surface area contributed by atoms with E-state index in [-0.39, 0.29) is 0 Å². The lowest BCUT2D eigenvalue weighted by molar-refractivity contribution is -0.123. The van der Waals surface area contributed by atoms with Crippen molar-refractivity contribution < 1.29 is 4.79 Å². The Hall–Kier alpha value is -1.32. The zero-order valence-corrected chi connectivity index (χ0v) is 12.6. The van der Waals surface area contributed by atoms with Gasteiger partial charge in [0.25, 0.3) is 0 Å². The molecule has 2 N–H and O–H groups in total. The summed E-state index contributed by atoms with van der Waals surface area (Å²) in [5.41, 5.74) is 0. The van der Waals surface area contributed by atoms with Crippen LogP contribution in [0.5, 0.6) is 0 Å². The molecule has 1 aliphatic carbocycles. The molecule has 2 rings (SSSR count). The van der Waals surface area contributed by atoms with Crippen molar-refractivity contribution >= 4 is 11.6 Å². The first-order valence-corrected chi connectivity index (χ1v) is 8.10. The van der Waals surface area contributed by atoms with Crippen LogP contribution in [0, 0.1) is 5.92 Å². The second-order valence-electron chi connectivity index (χ2n) is 5.83. The Bertz CT molecular complexity index is 408. The number of aromatic amines is 1. The van der Waals surface area contributed by atoms with E-state index in [9.17, 15) is 4.79 Å². The average Bonchev–Trinajstić information content (AvgIpc) is 2.94. The molecule has 0 spiro atoms. The van der Waals surface area contributed by atoms with E-state index in [1.54, 1.807) is 0 Å². The number of aromatic nitrogens is 2. The summed E-state index contributed by atoms with van der Waals surface area (Å²) >= 11 is 0. The minimum Gasteiger partial charge on any atom is -0.370 e. The third kappa shape index (κ3) is 4.66. The van der Waals surface area contributed by atoms with Crippen molar-refractivity contribution in [3.8, 4) is 0 Å². The summed E-state index contributed by atoms with van der Waals surface area (Å²) in [6.45, 7) is 2.89. The number of Topliss-reactive ketones (excluding diaryl/α,β-unsaturated/α-hetero) is 1. The van der Waals surface area contributed by atoms with Crippen LogP contribution in [0.15, 0.2) is 6.20 Å². The molecule has 112 valence electrons. The van der Waals surface area contributed by atoms with Crippen LogP contribution in [0.1, 0.15) is 64.1 Å². The summed E-state index contributed by atoms with van der Waals surface area (Å²) in [6, 6.07) is 0. The Morgan fingerprint density at radius 2 is 2.20 bits per heavy atom. The van der Waals surface area contributed by atoms with Gasteiger partial charge in [-0.3, -0.25) is 4.79 Å². The second kappa shape index (κ2) is 8.08. The van der Waals surface area contributed by atoms with Gasteiger partial charge in [-0.2, -0.15) is 0 Å². The molecule has 0 amide bonds. The van der Waals surface area contributed by atoms with Gasteiger partial charge in [-0.15, -0.1) is 0 Å². The van der Waals surface area contributed by atoms with E-state index in [2.05, 4.69) is 22.2 Å². The fraction of sp³-hybridized carbons (Fsp3) is 0.750.